The van der Waals surface area contributed by atoms with Gasteiger partial charge in [0.05, 0.1) is 0 Å². The molecular weight excluding hydrogens is 106 g/mol. The third-order valence-electron chi connectivity index (χ3n) is 0.156. The summed E-state index contributed by atoms with van der Waals surface area (Å²) in [5.41, 5.74) is 1.72. The lowest BCUT2D eigenvalue weighted by Crippen LogP contribution is -2.36. The summed E-state index contributed by atoms with van der Waals surface area (Å²) >= 11 is 0. The first-order valence-corrected chi connectivity index (χ1v) is 2.30. The molecule has 0 rings (SSSR count). The molecule has 0 fully saturated rings. The van der Waals surface area contributed by atoms with E-state index in [1.807, 2.05) is 0 Å². The second kappa shape index (κ2) is 3.04. The lowest BCUT2D eigenvalue weighted by atomic mass is 12.6. The Morgan fingerprint density at radius 2 is 2.00 bits per heavy atom. The predicted octanol–water partition coefficient (Wildman–Crippen LogP) is -2.52. The van der Waals surface area contributed by atoms with E-state index in [4.69, 9.17) is 0 Å². The molecule has 0 heterocycles. The summed E-state index contributed by atoms with van der Waals surface area (Å²) in [5.74, 6) is 4.48. The summed E-state index contributed by atoms with van der Waals surface area (Å²) in [7, 11) is -2.59. The molecule has 0 saturated heterocycles. The summed E-state index contributed by atoms with van der Waals surface area (Å²) < 4.78 is 18.8. The third kappa shape index (κ3) is 3.83. The van der Waals surface area contributed by atoms with Gasteiger partial charge in [-0.3, -0.25) is 5.84 Å². The first-order valence-electron chi connectivity index (χ1n) is 1.13. The highest BCUT2D eigenvalue weighted by Crippen LogP contribution is 1.32. The van der Waals surface area contributed by atoms with Crippen molar-refractivity contribution in [3.63, 3.8) is 0 Å². The molecule has 6 heavy (non-hydrogen) atoms. The molecule has 0 unspecified atom stereocenters. The summed E-state index contributed by atoms with van der Waals surface area (Å²) in [6.45, 7) is 0. The van der Waals surface area contributed by atoms with Crippen LogP contribution >= 0.6 is 0 Å². The number of rotatable bonds is 2. The Balaban J connectivity index is 3.07. The van der Waals surface area contributed by atoms with E-state index in [-0.39, 0.29) is 0 Å². The number of hydrogen-bond acceptors (Lipinski definition) is 4. The van der Waals surface area contributed by atoms with Gasteiger partial charge in [0.2, 0.25) is 10.9 Å². The largest absolute Gasteiger partial charge is 0.257 e. The Labute approximate surface area is 36.5 Å². The van der Waals surface area contributed by atoms with Gasteiger partial charge in [-0.25, -0.2) is 8.42 Å². The summed E-state index contributed by atoms with van der Waals surface area (Å²) in [4.78, 5) is 1.69. The van der Waals surface area contributed by atoms with Crippen molar-refractivity contribution in [3.05, 3.63) is 0 Å². The normalized spacial score (nSPS) is 9.67. The van der Waals surface area contributed by atoms with Crippen LogP contribution in [0.1, 0.15) is 0 Å². The van der Waals surface area contributed by atoms with E-state index in [0.29, 0.717) is 0 Å². The van der Waals surface area contributed by atoms with Crippen LogP contribution in [0.15, 0.2) is 0 Å². The van der Waals surface area contributed by atoms with Crippen LogP contribution in [0.3, 0.4) is 0 Å². The van der Waals surface area contributed by atoms with Gasteiger partial charge in [0.25, 0.3) is 0 Å². The fourth-order valence-electron chi connectivity index (χ4n) is 0.0527. The Kier molecular flexibility index (Phi) is 2.95. The molecule has 4 N–H and O–H groups in total. The Hall–Kier alpha value is -0.170. The summed E-state index contributed by atoms with van der Waals surface area (Å²) in [5, 5.41) is 0. The van der Waals surface area contributed by atoms with E-state index in [9.17, 15) is 8.42 Å². The van der Waals surface area contributed by atoms with E-state index in [1.54, 1.807) is 10.4 Å². The molecule has 0 amide bonds. The molecule has 5 nitrogen and oxygen atoms in total. The van der Waals surface area contributed by atoms with Crippen molar-refractivity contribution in [2.75, 3.05) is 0 Å². The van der Waals surface area contributed by atoms with Gasteiger partial charge in [-0.05, 0) is 0 Å². The lowest BCUT2D eigenvalue weighted by molar-refractivity contribution is 0.582. The number of nitrogens with one attached hydrogen (secondary N) is 2. The van der Waals surface area contributed by atoms with Crippen LogP contribution in [0.5, 0.6) is 0 Å². The van der Waals surface area contributed by atoms with Crippen molar-refractivity contribution in [1.82, 2.24) is 10.4 Å². The van der Waals surface area contributed by atoms with Gasteiger partial charge >= 0.3 is 0 Å². The van der Waals surface area contributed by atoms with Gasteiger partial charge in [0.1, 0.15) is 0 Å². The Morgan fingerprint density at radius 1 is 1.50 bits per heavy atom. The van der Waals surface area contributed by atoms with Gasteiger partial charge in [-0.2, -0.15) is 5.53 Å². The fraction of sp³-hybridized carbons (Fsp3) is 0. The van der Waals surface area contributed by atoms with E-state index < -0.39 is 10.9 Å². The van der Waals surface area contributed by atoms with Crippen LogP contribution in [0, 0.1) is 0 Å². The maximum atomic E-state index is 9.38. The molecule has 0 radical (unpaired) electrons. The quantitative estimate of drug-likeness (QED) is 0.180. The van der Waals surface area contributed by atoms with Gasteiger partial charge in [-0.15, -0.1) is 4.83 Å². The molecule has 0 aliphatic carbocycles. The molecule has 0 atom stereocenters. The minimum atomic E-state index is -2.59. The summed E-state index contributed by atoms with van der Waals surface area (Å²) in [6.07, 6.45) is 0. The molecule has 6 heteroatoms. The van der Waals surface area contributed by atoms with Gasteiger partial charge in [0.15, 0.2) is 0 Å². The molecule has 0 aromatic rings. The van der Waals surface area contributed by atoms with Gasteiger partial charge in [-0.1, -0.05) is 0 Å². The number of thiol groups is 1. The average Bonchev–Trinajstić information content (AvgIpc) is 1.35. The molecular formula is H5N3O2S. The predicted molar refractivity (Wildman–Crippen MR) is 20.8 cm³/mol. The van der Waals surface area contributed by atoms with Crippen molar-refractivity contribution in [1.29, 1.82) is 0 Å². The van der Waals surface area contributed by atoms with Crippen molar-refractivity contribution >= 4 is 10.9 Å². The van der Waals surface area contributed by atoms with Crippen molar-refractivity contribution < 1.29 is 8.42 Å². The monoisotopic (exact) mass is 111 g/mol. The third-order valence-corrected chi connectivity index (χ3v) is 0.468. The zero-order valence-corrected chi connectivity index (χ0v) is 3.74. The van der Waals surface area contributed by atoms with Crippen LogP contribution in [0.4, 0.5) is 0 Å². The number of hydrogen-bond donors (Lipinski definition) is 4. The Bertz CT molecular complexity index is 76.8. The topological polar surface area (TPSA) is 84.2 Å². The van der Waals surface area contributed by atoms with E-state index >= 15 is 0 Å². The number of nitrogens with two attached hydrogens (primary N) is 1. The molecule has 38 valence electrons. The van der Waals surface area contributed by atoms with Crippen molar-refractivity contribution in [3.8, 4) is 0 Å². The highest BCUT2D eigenvalue weighted by molar-refractivity contribution is 7.70. The van der Waals surface area contributed by atoms with Crippen LogP contribution in [-0.2, 0) is 10.9 Å². The first-order chi connectivity index (χ1) is 2.77. The molecule has 0 aromatic heterocycles. The molecule has 0 spiro atoms. The second-order valence-electron chi connectivity index (χ2n) is 0.513. The zero-order valence-electron chi connectivity index (χ0n) is 2.84. The fourth-order valence-corrected chi connectivity index (χ4v) is 0.158. The number of hydrazine groups is 2. The standard InChI is InChI=1S/H5N3O2S/c1-2-3-6(4)5/h2,6H,1H2,(H,3,4,5). The highest BCUT2D eigenvalue weighted by Gasteiger charge is 1.68. The highest BCUT2D eigenvalue weighted by atomic mass is 32.2. The minimum absolute atomic E-state index is 1.69. The van der Waals surface area contributed by atoms with Crippen LogP contribution < -0.4 is 16.2 Å². The smallest absolute Gasteiger partial charge is 0.215 e. The SMILES string of the molecule is NNN[SH](=O)=O. The first kappa shape index (κ1) is 5.83. The molecule has 0 saturated carbocycles. The molecule has 0 aliphatic rings. The van der Waals surface area contributed by atoms with Crippen LogP contribution in [-0.4, -0.2) is 8.42 Å². The average molecular weight is 111 g/mol. The lowest BCUT2D eigenvalue weighted by Gasteiger charge is -1.83. The second-order valence-corrected chi connectivity index (χ2v) is 1.25. The minimum Gasteiger partial charge on any atom is -0.257 e. The van der Waals surface area contributed by atoms with Crippen LogP contribution in [0.25, 0.3) is 0 Å². The van der Waals surface area contributed by atoms with E-state index in [0.717, 1.165) is 0 Å². The van der Waals surface area contributed by atoms with Crippen LogP contribution in [0.2, 0.25) is 0 Å². The van der Waals surface area contributed by atoms with E-state index in [1.165, 1.54) is 0 Å². The van der Waals surface area contributed by atoms with Gasteiger partial charge in [0, 0.05) is 0 Å². The molecule has 0 aliphatic heterocycles. The van der Waals surface area contributed by atoms with E-state index in [2.05, 4.69) is 5.84 Å². The maximum Gasteiger partial charge on any atom is 0.215 e. The molecule has 0 aromatic carbocycles. The van der Waals surface area contributed by atoms with Crippen molar-refractivity contribution in [2.24, 2.45) is 5.84 Å². The Morgan fingerprint density at radius 3 is 2.00 bits per heavy atom. The van der Waals surface area contributed by atoms with Gasteiger partial charge < -0.3 is 0 Å². The van der Waals surface area contributed by atoms with Crippen molar-refractivity contribution in [2.45, 2.75) is 0 Å². The zero-order chi connectivity index (χ0) is 4.99. The maximum absolute atomic E-state index is 9.38. The molecule has 0 bridgehead atoms. The summed E-state index contributed by atoms with van der Waals surface area (Å²) in [6, 6.07) is 0.